The van der Waals surface area contributed by atoms with E-state index < -0.39 is 5.60 Å². The lowest BCUT2D eigenvalue weighted by molar-refractivity contribution is -0.189. The number of rotatable bonds is 4. The zero-order chi connectivity index (χ0) is 24.9. The number of hydrogen-bond donors (Lipinski definition) is 0. The van der Waals surface area contributed by atoms with Crippen LogP contribution in [0.3, 0.4) is 0 Å². The Kier molecular flexibility index (Phi) is 7.10. The minimum atomic E-state index is -0.421. The van der Waals surface area contributed by atoms with Gasteiger partial charge in [-0.3, -0.25) is 4.79 Å². The smallest absolute Gasteiger partial charge is 0.306 e. The first-order chi connectivity index (χ1) is 15.8. The van der Waals surface area contributed by atoms with Crippen LogP contribution in [0.4, 0.5) is 0 Å². The van der Waals surface area contributed by atoms with Crippen LogP contribution < -0.4 is 0 Å². The number of epoxide rings is 1. The van der Waals surface area contributed by atoms with Crippen LogP contribution in [0.1, 0.15) is 112 Å². The van der Waals surface area contributed by atoms with Crippen LogP contribution in [0.2, 0.25) is 0 Å². The van der Waals surface area contributed by atoms with E-state index in [1.165, 1.54) is 50.5 Å². The largest absolute Gasteiger partial charge is 0.457 e. The van der Waals surface area contributed by atoms with Crippen LogP contribution in [0, 0.1) is 28.6 Å². The molecule has 0 aromatic carbocycles. The van der Waals surface area contributed by atoms with Crippen molar-refractivity contribution in [3.63, 3.8) is 0 Å². The standard InChI is InChI=1S/C15H26O3.C15H24O/c1-14(2)9-7-11(14)8-10-15(3)12(17-4)5-6-13(16)18-15;1-10-5-6-13-15(4,16-13)8-7-12-11(10)9-14(12,2)3/h11-12H,5-10H2,1-4H3;11-13H,1,5-9H2,2-4H3/t11-,12+,15+;11-,12-,13-,15-/m01/s1. The van der Waals surface area contributed by atoms with Crippen molar-refractivity contribution in [2.24, 2.45) is 28.6 Å². The molecule has 5 fully saturated rings. The minimum Gasteiger partial charge on any atom is -0.457 e. The Hall–Kier alpha value is -0.870. The van der Waals surface area contributed by atoms with E-state index in [2.05, 4.69) is 41.2 Å². The van der Waals surface area contributed by atoms with Gasteiger partial charge in [-0.1, -0.05) is 39.8 Å². The van der Waals surface area contributed by atoms with Crippen molar-refractivity contribution in [1.29, 1.82) is 0 Å². The summed E-state index contributed by atoms with van der Waals surface area (Å²) in [7, 11) is 1.72. The summed E-state index contributed by atoms with van der Waals surface area (Å²) in [6.45, 7) is 18.2. The highest BCUT2D eigenvalue weighted by atomic mass is 16.6. The van der Waals surface area contributed by atoms with Crippen LogP contribution in [0.5, 0.6) is 0 Å². The zero-order valence-electron chi connectivity index (χ0n) is 23.0. The number of methoxy groups -OCH3 is 1. The molecular formula is C30H50O4. The van der Waals surface area contributed by atoms with Crippen LogP contribution in [-0.4, -0.2) is 36.5 Å². The second kappa shape index (κ2) is 9.21. The van der Waals surface area contributed by atoms with Gasteiger partial charge >= 0.3 is 5.97 Å². The highest BCUT2D eigenvalue weighted by Crippen LogP contribution is 2.59. The van der Waals surface area contributed by atoms with Crippen molar-refractivity contribution in [2.75, 3.05) is 7.11 Å². The maximum atomic E-state index is 11.5. The molecule has 0 aromatic heterocycles. The van der Waals surface area contributed by atoms with Gasteiger partial charge in [0.1, 0.15) is 5.60 Å². The Morgan fingerprint density at radius 3 is 2.29 bits per heavy atom. The molecule has 3 saturated carbocycles. The summed E-state index contributed by atoms with van der Waals surface area (Å²) in [5, 5.41) is 0. The molecule has 0 aromatic rings. The third kappa shape index (κ3) is 5.14. The molecule has 3 aliphatic carbocycles. The summed E-state index contributed by atoms with van der Waals surface area (Å²) in [6.07, 6.45) is 12.9. The third-order valence-corrected chi connectivity index (χ3v) is 10.6. The fourth-order valence-corrected chi connectivity index (χ4v) is 7.52. The second-order valence-electron chi connectivity index (χ2n) is 13.9. The van der Waals surface area contributed by atoms with Crippen LogP contribution in [0.25, 0.3) is 0 Å². The summed E-state index contributed by atoms with van der Waals surface area (Å²) in [4.78, 5) is 11.5. The van der Waals surface area contributed by atoms with Crippen molar-refractivity contribution < 1.29 is 19.0 Å². The predicted molar refractivity (Wildman–Crippen MR) is 137 cm³/mol. The summed E-state index contributed by atoms with van der Waals surface area (Å²) in [5.41, 5.74) is 2.32. The van der Waals surface area contributed by atoms with Gasteiger partial charge in [-0.25, -0.2) is 0 Å². The third-order valence-electron chi connectivity index (χ3n) is 10.6. The summed E-state index contributed by atoms with van der Waals surface area (Å²) in [5.74, 6) is 2.38. The lowest BCUT2D eigenvalue weighted by atomic mass is 9.52. The maximum absolute atomic E-state index is 11.5. The fraction of sp³-hybridized carbons (Fsp3) is 0.900. The lowest BCUT2D eigenvalue weighted by Crippen LogP contribution is -2.49. The number of esters is 1. The van der Waals surface area contributed by atoms with Gasteiger partial charge in [0.2, 0.25) is 0 Å². The molecule has 4 heteroatoms. The van der Waals surface area contributed by atoms with Crippen molar-refractivity contribution in [1.82, 2.24) is 0 Å². The van der Waals surface area contributed by atoms with Crippen molar-refractivity contribution in [2.45, 2.75) is 136 Å². The number of fused-ring (bicyclic) bond motifs is 2. The first-order valence-electron chi connectivity index (χ1n) is 13.9. The number of carbonyl (C=O) groups is 1. The van der Waals surface area contributed by atoms with E-state index in [1.807, 2.05) is 6.92 Å². The Morgan fingerprint density at radius 1 is 0.971 bits per heavy atom. The van der Waals surface area contributed by atoms with E-state index in [4.69, 9.17) is 14.2 Å². The molecule has 7 atom stereocenters. The minimum absolute atomic E-state index is 0.0541. The molecule has 0 unspecified atom stereocenters. The van der Waals surface area contributed by atoms with Crippen molar-refractivity contribution in [3.05, 3.63) is 12.2 Å². The monoisotopic (exact) mass is 474 g/mol. The van der Waals surface area contributed by atoms with Crippen molar-refractivity contribution >= 4 is 5.97 Å². The molecule has 194 valence electrons. The number of carbonyl (C=O) groups excluding carboxylic acids is 1. The van der Waals surface area contributed by atoms with Gasteiger partial charge in [-0.15, -0.1) is 0 Å². The molecular weight excluding hydrogens is 424 g/mol. The molecule has 2 heterocycles. The zero-order valence-corrected chi connectivity index (χ0v) is 23.0. The van der Waals surface area contributed by atoms with Crippen LogP contribution in [0.15, 0.2) is 12.2 Å². The highest BCUT2D eigenvalue weighted by Gasteiger charge is 2.55. The molecule has 0 amide bonds. The Labute approximate surface area is 208 Å². The van der Waals surface area contributed by atoms with Crippen LogP contribution >= 0.6 is 0 Å². The molecule has 0 radical (unpaired) electrons. The van der Waals surface area contributed by atoms with Gasteiger partial charge < -0.3 is 14.2 Å². The average Bonchev–Trinajstić information content (AvgIpc) is 3.39. The number of cyclic esters (lactones) is 1. The number of hydrogen-bond acceptors (Lipinski definition) is 4. The summed E-state index contributed by atoms with van der Waals surface area (Å²) < 4.78 is 17.0. The van der Waals surface area contributed by atoms with E-state index in [1.54, 1.807) is 7.11 Å². The van der Waals surface area contributed by atoms with E-state index in [0.717, 1.165) is 37.0 Å². The molecule has 4 nitrogen and oxygen atoms in total. The van der Waals surface area contributed by atoms with Gasteiger partial charge in [-0.05, 0) is 107 Å². The van der Waals surface area contributed by atoms with E-state index in [9.17, 15) is 4.79 Å². The molecule has 5 aliphatic rings. The summed E-state index contributed by atoms with van der Waals surface area (Å²) >= 11 is 0. The van der Waals surface area contributed by atoms with Crippen molar-refractivity contribution in [3.8, 4) is 0 Å². The quantitative estimate of drug-likeness (QED) is 0.245. The maximum Gasteiger partial charge on any atom is 0.306 e. The Morgan fingerprint density at radius 2 is 1.71 bits per heavy atom. The average molecular weight is 475 g/mol. The SMILES string of the molecule is C=C1CC[C@H]2O[C@]2(C)CC[C@@H]2[C@@H]1CC2(C)C.CO[C@@H]1CCC(=O)O[C@]1(C)CC[C@@H]1CCC1(C)C. The summed E-state index contributed by atoms with van der Waals surface area (Å²) in [6, 6.07) is 0. The fourth-order valence-electron chi connectivity index (χ4n) is 7.52. The number of ether oxygens (including phenoxy) is 3. The molecule has 5 rings (SSSR count). The first kappa shape index (κ1) is 26.2. The number of allylic oxidation sites excluding steroid dienone is 1. The molecule has 0 N–H and O–H groups in total. The van der Waals surface area contributed by atoms with Gasteiger partial charge in [0, 0.05) is 13.5 Å². The van der Waals surface area contributed by atoms with Gasteiger partial charge in [-0.2, -0.15) is 0 Å². The van der Waals surface area contributed by atoms with Gasteiger partial charge in [0.15, 0.2) is 0 Å². The van der Waals surface area contributed by atoms with E-state index in [0.29, 0.717) is 23.4 Å². The van der Waals surface area contributed by atoms with E-state index in [-0.39, 0.29) is 17.7 Å². The van der Waals surface area contributed by atoms with Gasteiger partial charge in [0.25, 0.3) is 0 Å². The predicted octanol–water partition coefficient (Wildman–Crippen LogP) is 7.25. The molecule has 2 saturated heterocycles. The topological polar surface area (TPSA) is 48.1 Å². The molecule has 0 bridgehead atoms. The normalized spacial score (nSPS) is 44.3. The highest BCUT2D eigenvalue weighted by molar-refractivity contribution is 5.71. The molecule has 2 aliphatic heterocycles. The molecule has 0 spiro atoms. The van der Waals surface area contributed by atoms with Crippen LogP contribution in [-0.2, 0) is 19.0 Å². The second-order valence-corrected chi connectivity index (χ2v) is 13.9. The van der Waals surface area contributed by atoms with Gasteiger partial charge in [0.05, 0.1) is 17.8 Å². The van der Waals surface area contributed by atoms with E-state index >= 15 is 0 Å². The first-order valence-corrected chi connectivity index (χ1v) is 13.9. The lowest BCUT2D eigenvalue weighted by Gasteiger charge is -2.53. The molecule has 34 heavy (non-hydrogen) atoms. The Bertz CT molecular complexity index is 785. The Balaban J connectivity index is 0.000000162.